The Morgan fingerprint density at radius 2 is 2.16 bits per heavy atom. The molecule has 0 saturated heterocycles. The average Bonchev–Trinajstić information content (AvgIpc) is 2.90. The number of aryl methyl sites for hydroxylation is 2. The molecule has 0 aliphatic carbocycles. The molecule has 2 heterocycles. The highest BCUT2D eigenvalue weighted by Crippen LogP contribution is 2.36. The third-order valence-electron chi connectivity index (χ3n) is 3.85. The van der Waals surface area contributed by atoms with E-state index in [4.69, 9.17) is 5.26 Å². The molecule has 1 amide bonds. The summed E-state index contributed by atoms with van der Waals surface area (Å²) in [6, 6.07) is 8.94. The first-order valence-electron chi connectivity index (χ1n) is 7.68. The maximum Gasteiger partial charge on any atom is 0.237 e. The minimum absolute atomic E-state index is 0.128. The summed E-state index contributed by atoms with van der Waals surface area (Å²) in [4.78, 5) is 23.3. The van der Waals surface area contributed by atoms with Crippen molar-refractivity contribution in [1.82, 2.24) is 9.97 Å². The summed E-state index contributed by atoms with van der Waals surface area (Å²) in [7, 11) is 0. The molecule has 25 heavy (non-hydrogen) atoms. The number of hydrogen-bond acceptors (Lipinski definition) is 6. The summed E-state index contributed by atoms with van der Waals surface area (Å²) in [5.74, 6) is -0.128. The van der Waals surface area contributed by atoms with Crippen molar-refractivity contribution in [3.05, 3.63) is 46.6 Å². The Kier molecular flexibility index (Phi) is 5.02. The zero-order chi connectivity index (χ0) is 18.0. The highest BCUT2D eigenvalue weighted by atomic mass is 32.2. The van der Waals surface area contributed by atoms with Crippen molar-refractivity contribution in [3.63, 3.8) is 0 Å². The van der Waals surface area contributed by atoms with Gasteiger partial charge in [0.15, 0.2) is 0 Å². The molecule has 1 atom stereocenters. The van der Waals surface area contributed by atoms with Crippen LogP contribution < -0.4 is 5.32 Å². The minimum atomic E-state index is -0.330. The molecule has 7 heteroatoms. The first kappa shape index (κ1) is 17.4. The van der Waals surface area contributed by atoms with Gasteiger partial charge in [0.25, 0.3) is 0 Å². The van der Waals surface area contributed by atoms with Crippen LogP contribution in [0.2, 0.25) is 0 Å². The fourth-order valence-electron chi connectivity index (χ4n) is 2.37. The van der Waals surface area contributed by atoms with E-state index in [1.165, 1.54) is 16.6 Å². The highest BCUT2D eigenvalue weighted by Gasteiger charge is 2.19. The number of rotatable bonds is 4. The van der Waals surface area contributed by atoms with Crippen molar-refractivity contribution in [2.45, 2.75) is 31.0 Å². The number of nitrogens with one attached hydrogen (secondary N) is 1. The normalized spacial score (nSPS) is 11.9. The largest absolute Gasteiger partial charge is 0.325 e. The van der Waals surface area contributed by atoms with E-state index in [1.54, 1.807) is 41.9 Å². The SMILES string of the molecule is Cc1sc2ncnc(S[C@@H](C)C(=O)Nc3cccc(C#N)c3)c2c1C. The second-order valence-electron chi connectivity index (χ2n) is 5.58. The number of thioether (sulfide) groups is 1. The lowest BCUT2D eigenvalue weighted by Crippen LogP contribution is -2.22. The minimum Gasteiger partial charge on any atom is -0.325 e. The molecule has 0 saturated carbocycles. The molecule has 5 nitrogen and oxygen atoms in total. The summed E-state index contributed by atoms with van der Waals surface area (Å²) in [6.07, 6.45) is 1.54. The number of amides is 1. The number of hydrogen-bond donors (Lipinski definition) is 1. The number of carbonyl (C=O) groups excluding carboxylic acids is 1. The molecule has 0 spiro atoms. The lowest BCUT2D eigenvalue weighted by molar-refractivity contribution is -0.115. The predicted octanol–water partition coefficient (Wildman–Crippen LogP) is 4.30. The molecule has 3 rings (SSSR count). The van der Waals surface area contributed by atoms with E-state index in [0.717, 1.165) is 20.8 Å². The standard InChI is InChI=1S/C18H16N4OS2/c1-10-11(2)24-17-15(10)18(21-9-20-17)25-12(3)16(23)22-14-6-4-5-13(7-14)8-19/h4-7,9,12H,1-3H3,(H,22,23)/t12-/m0/s1. The maximum absolute atomic E-state index is 12.5. The van der Waals surface area contributed by atoms with E-state index >= 15 is 0 Å². The Morgan fingerprint density at radius 3 is 2.92 bits per heavy atom. The van der Waals surface area contributed by atoms with Gasteiger partial charge in [0, 0.05) is 16.0 Å². The van der Waals surface area contributed by atoms with Gasteiger partial charge in [0.2, 0.25) is 5.91 Å². The fourth-order valence-corrected chi connectivity index (χ4v) is 4.41. The molecular formula is C18H16N4OS2. The van der Waals surface area contributed by atoms with Crippen LogP contribution in [0, 0.1) is 25.2 Å². The van der Waals surface area contributed by atoms with E-state index in [0.29, 0.717) is 11.3 Å². The second-order valence-corrected chi connectivity index (χ2v) is 8.12. The number of carbonyl (C=O) groups is 1. The molecule has 0 aliphatic heterocycles. The van der Waals surface area contributed by atoms with E-state index in [2.05, 4.69) is 35.2 Å². The van der Waals surface area contributed by atoms with Crippen LogP contribution in [0.4, 0.5) is 5.69 Å². The predicted molar refractivity (Wildman–Crippen MR) is 102 cm³/mol. The fraction of sp³-hybridized carbons (Fsp3) is 0.222. The summed E-state index contributed by atoms with van der Waals surface area (Å²) in [5, 5.41) is 13.3. The van der Waals surface area contributed by atoms with Crippen LogP contribution in [0.5, 0.6) is 0 Å². The highest BCUT2D eigenvalue weighted by molar-refractivity contribution is 8.00. The Bertz CT molecular complexity index is 990. The molecule has 0 fully saturated rings. The smallest absolute Gasteiger partial charge is 0.237 e. The number of fused-ring (bicyclic) bond motifs is 1. The van der Waals surface area contributed by atoms with Gasteiger partial charge in [-0.1, -0.05) is 17.8 Å². The van der Waals surface area contributed by atoms with Crippen LogP contribution in [0.3, 0.4) is 0 Å². The number of aromatic nitrogens is 2. The molecule has 0 radical (unpaired) electrons. The van der Waals surface area contributed by atoms with Crippen molar-refractivity contribution in [2.75, 3.05) is 5.32 Å². The number of nitrogens with zero attached hydrogens (tertiary/aromatic N) is 3. The summed E-state index contributed by atoms with van der Waals surface area (Å²) < 4.78 is 0. The monoisotopic (exact) mass is 368 g/mol. The van der Waals surface area contributed by atoms with Gasteiger partial charge in [0.1, 0.15) is 16.2 Å². The van der Waals surface area contributed by atoms with Crippen molar-refractivity contribution in [2.24, 2.45) is 0 Å². The molecule has 3 aromatic rings. The number of nitriles is 1. The number of thiophene rings is 1. The quantitative estimate of drug-likeness (QED) is 0.549. The van der Waals surface area contributed by atoms with E-state index in [9.17, 15) is 4.79 Å². The maximum atomic E-state index is 12.5. The van der Waals surface area contributed by atoms with Crippen LogP contribution in [0.1, 0.15) is 22.9 Å². The molecule has 0 aliphatic rings. The van der Waals surface area contributed by atoms with Gasteiger partial charge in [-0.2, -0.15) is 5.26 Å². The van der Waals surface area contributed by atoms with Gasteiger partial charge < -0.3 is 5.32 Å². The zero-order valence-corrected chi connectivity index (χ0v) is 15.7. The third kappa shape index (κ3) is 3.65. The summed E-state index contributed by atoms with van der Waals surface area (Å²) in [6.45, 7) is 5.96. The van der Waals surface area contributed by atoms with Crippen LogP contribution in [-0.4, -0.2) is 21.1 Å². The van der Waals surface area contributed by atoms with E-state index in [-0.39, 0.29) is 11.2 Å². The van der Waals surface area contributed by atoms with Crippen LogP contribution in [0.15, 0.2) is 35.6 Å². The van der Waals surface area contributed by atoms with Crippen LogP contribution in [-0.2, 0) is 4.79 Å². The number of anilines is 1. The Morgan fingerprint density at radius 1 is 1.36 bits per heavy atom. The molecular weight excluding hydrogens is 352 g/mol. The van der Waals surface area contributed by atoms with Gasteiger partial charge in [-0.25, -0.2) is 9.97 Å². The first-order chi connectivity index (χ1) is 12.0. The molecule has 126 valence electrons. The van der Waals surface area contributed by atoms with Gasteiger partial charge in [-0.15, -0.1) is 11.3 Å². The van der Waals surface area contributed by atoms with Crippen LogP contribution >= 0.6 is 23.1 Å². The van der Waals surface area contributed by atoms with Gasteiger partial charge >= 0.3 is 0 Å². The van der Waals surface area contributed by atoms with Gasteiger partial charge in [0.05, 0.1) is 16.9 Å². The zero-order valence-electron chi connectivity index (χ0n) is 14.0. The Hall–Kier alpha value is -2.43. The first-order valence-corrected chi connectivity index (χ1v) is 9.37. The Balaban J connectivity index is 1.79. The van der Waals surface area contributed by atoms with Gasteiger partial charge in [-0.05, 0) is 44.5 Å². The third-order valence-corrected chi connectivity index (χ3v) is 6.06. The van der Waals surface area contributed by atoms with Crippen LogP contribution in [0.25, 0.3) is 10.2 Å². The topological polar surface area (TPSA) is 78.7 Å². The lowest BCUT2D eigenvalue weighted by Gasteiger charge is -2.12. The molecule has 1 aromatic carbocycles. The summed E-state index contributed by atoms with van der Waals surface area (Å²) in [5.41, 5.74) is 2.30. The molecule has 0 bridgehead atoms. The van der Waals surface area contributed by atoms with E-state index in [1.807, 2.05) is 6.92 Å². The summed E-state index contributed by atoms with van der Waals surface area (Å²) >= 11 is 3.06. The second kappa shape index (κ2) is 7.21. The van der Waals surface area contributed by atoms with E-state index < -0.39 is 0 Å². The van der Waals surface area contributed by atoms with Crippen molar-refractivity contribution in [1.29, 1.82) is 5.26 Å². The average molecular weight is 368 g/mol. The van der Waals surface area contributed by atoms with Crippen molar-refractivity contribution >= 4 is 44.9 Å². The lowest BCUT2D eigenvalue weighted by atomic mass is 10.2. The van der Waals surface area contributed by atoms with Crippen molar-refractivity contribution in [3.8, 4) is 6.07 Å². The van der Waals surface area contributed by atoms with Crippen molar-refractivity contribution < 1.29 is 4.79 Å². The van der Waals surface area contributed by atoms with Gasteiger partial charge in [-0.3, -0.25) is 4.79 Å². The Labute approximate surface area is 154 Å². The molecule has 1 N–H and O–H groups in total. The number of benzene rings is 1. The molecule has 0 unspecified atom stereocenters. The molecule has 2 aromatic heterocycles.